The lowest BCUT2D eigenvalue weighted by Gasteiger charge is -2.14. The Hall–Kier alpha value is -0.650. The van der Waals surface area contributed by atoms with E-state index in [1.54, 1.807) is 0 Å². The van der Waals surface area contributed by atoms with Gasteiger partial charge in [-0.05, 0) is 12.8 Å². The molecule has 2 fully saturated rings. The van der Waals surface area contributed by atoms with Crippen molar-refractivity contribution in [2.24, 2.45) is 0 Å². The van der Waals surface area contributed by atoms with Gasteiger partial charge in [-0.1, -0.05) is 0 Å². The van der Waals surface area contributed by atoms with Gasteiger partial charge in [0.2, 0.25) is 0 Å². The Bertz CT molecular complexity index is 237. The molecule has 0 aromatic rings. The maximum absolute atomic E-state index is 11.0. The quantitative estimate of drug-likeness (QED) is 0.670. The molecule has 2 saturated heterocycles. The van der Waals surface area contributed by atoms with Crippen molar-refractivity contribution in [3.63, 3.8) is 0 Å². The summed E-state index contributed by atoms with van der Waals surface area (Å²) in [6.07, 6.45) is 3.07. The molecule has 2 aliphatic heterocycles. The van der Waals surface area contributed by atoms with E-state index in [2.05, 4.69) is 4.74 Å². The molecule has 5 nitrogen and oxygen atoms in total. The molecule has 0 aliphatic carbocycles. The Labute approximate surface area is 95.0 Å². The second-order valence-corrected chi connectivity index (χ2v) is 4.17. The minimum absolute atomic E-state index is 0.168. The van der Waals surface area contributed by atoms with Gasteiger partial charge in [-0.2, -0.15) is 0 Å². The molecule has 0 N–H and O–H groups in total. The zero-order valence-electron chi connectivity index (χ0n) is 9.52. The Morgan fingerprint density at radius 2 is 2.25 bits per heavy atom. The summed E-state index contributed by atoms with van der Waals surface area (Å²) in [7, 11) is 1.38. The van der Waals surface area contributed by atoms with Crippen LogP contribution in [0.15, 0.2) is 0 Å². The maximum Gasteiger partial charge on any atom is 0.308 e. The number of hydrogen-bond acceptors (Lipinski definition) is 5. The van der Waals surface area contributed by atoms with Crippen LogP contribution in [0.5, 0.6) is 0 Å². The summed E-state index contributed by atoms with van der Waals surface area (Å²) in [5.74, 6) is -0.258. The molecule has 0 aromatic carbocycles. The molecule has 2 aliphatic rings. The van der Waals surface area contributed by atoms with Gasteiger partial charge in [0, 0.05) is 13.0 Å². The number of carbonyl (C=O) groups is 1. The molecule has 2 heterocycles. The minimum Gasteiger partial charge on any atom is -0.469 e. The highest BCUT2D eigenvalue weighted by Crippen LogP contribution is 2.24. The van der Waals surface area contributed by atoms with Crippen molar-refractivity contribution in [2.45, 2.75) is 44.2 Å². The predicted molar refractivity (Wildman–Crippen MR) is 54.8 cm³/mol. The average Bonchev–Trinajstić information content (AvgIpc) is 2.91. The van der Waals surface area contributed by atoms with Crippen molar-refractivity contribution in [3.8, 4) is 0 Å². The van der Waals surface area contributed by atoms with E-state index in [9.17, 15) is 4.79 Å². The summed E-state index contributed by atoms with van der Waals surface area (Å²) in [5, 5.41) is 0. The van der Waals surface area contributed by atoms with Gasteiger partial charge in [-0.15, -0.1) is 0 Å². The number of hydrogen-bond donors (Lipinski definition) is 0. The number of carbonyl (C=O) groups excluding carboxylic acids is 1. The summed E-state index contributed by atoms with van der Waals surface area (Å²) >= 11 is 0. The summed E-state index contributed by atoms with van der Waals surface area (Å²) in [4.78, 5) is 11.0. The van der Waals surface area contributed by atoms with Crippen LogP contribution in [-0.2, 0) is 23.7 Å². The van der Waals surface area contributed by atoms with Gasteiger partial charge in [-0.3, -0.25) is 4.79 Å². The topological polar surface area (TPSA) is 54.0 Å². The third-order valence-electron chi connectivity index (χ3n) is 2.91. The summed E-state index contributed by atoms with van der Waals surface area (Å²) in [5.41, 5.74) is 0. The van der Waals surface area contributed by atoms with E-state index < -0.39 is 0 Å². The first-order valence-corrected chi connectivity index (χ1v) is 5.73. The van der Waals surface area contributed by atoms with Crippen LogP contribution in [-0.4, -0.2) is 44.8 Å². The smallest absolute Gasteiger partial charge is 0.308 e. The van der Waals surface area contributed by atoms with E-state index in [1.807, 2.05) is 0 Å². The van der Waals surface area contributed by atoms with E-state index in [0.29, 0.717) is 6.61 Å². The Balaban J connectivity index is 1.68. The Morgan fingerprint density at radius 3 is 2.94 bits per heavy atom. The van der Waals surface area contributed by atoms with Crippen LogP contribution in [0, 0.1) is 0 Å². The molecule has 0 aromatic heterocycles. The van der Waals surface area contributed by atoms with Crippen LogP contribution in [0.1, 0.15) is 25.7 Å². The van der Waals surface area contributed by atoms with E-state index in [0.717, 1.165) is 25.9 Å². The number of esters is 1. The lowest BCUT2D eigenvalue weighted by atomic mass is 10.2. The molecule has 5 heteroatoms. The lowest BCUT2D eigenvalue weighted by Crippen LogP contribution is -2.20. The molecule has 3 unspecified atom stereocenters. The highest BCUT2D eigenvalue weighted by atomic mass is 16.7. The van der Waals surface area contributed by atoms with Crippen LogP contribution >= 0.6 is 0 Å². The molecule has 0 amide bonds. The van der Waals surface area contributed by atoms with Gasteiger partial charge in [0.25, 0.3) is 0 Å². The van der Waals surface area contributed by atoms with Gasteiger partial charge in [0.1, 0.15) is 0 Å². The minimum atomic E-state index is -0.258. The highest BCUT2D eigenvalue weighted by molar-refractivity contribution is 5.69. The van der Waals surface area contributed by atoms with Gasteiger partial charge in [0.05, 0.1) is 32.3 Å². The largest absolute Gasteiger partial charge is 0.469 e. The number of methoxy groups -OCH3 is 1. The molecule has 3 atom stereocenters. The van der Waals surface area contributed by atoms with Crippen molar-refractivity contribution in [3.05, 3.63) is 0 Å². The molecule has 0 radical (unpaired) electrons. The molecule has 0 saturated carbocycles. The summed E-state index contributed by atoms with van der Waals surface area (Å²) in [6.45, 7) is 1.30. The highest BCUT2D eigenvalue weighted by Gasteiger charge is 2.31. The Kier molecular flexibility index (Phi) is 4.15. The van der Waals surface area contributed by atoms with Crippen LogP contribution in [0.25, 0.3) is 0 Å². The fourth-order valence-corrected chi connectivity index (χ4v) is 2.05. The first-order valence-electron chi connectivity index (χ1n) is 5.73. The van der Waals surface area contributed by atoms with Crippen LogP contribution in [0.2, 0.25) is 0 Å². The van der Waals surface area contributed by atoms with Gasteiger partial charge < -0.3 is 18.9 Å². The van der Waals surface area contributed by atoms with E-state index in [4.69, 9.17) is 14.2 Å². The van der Waals surface area contributed by atoms with E-state index >= 15 is 0 Å². The molecule has 2 rings (SSSR count). The molecular weight excluding hydrogens is 212 g/mol. The SMILES string of the molecule is COC(=O)CC1COC(CC2CCCO2)O1. The first kappa shape index (κ1) is 11.8. The molecule has 16 heavy (non-hydrogen) atoms. The molecule has 0 spiro atoms. The summed E-state index contributed by atoms with van der Waals surface area (Å²) in [6, 6.07) is 0. The zero-order valence-corrected chi connectivity index (χ0v) is 9.52. The molecule has 92 valence electrons. The molecular formula is C11H18O5. The second kappa shape index (κ2) is 5.61. The number of ether oxygens (including phenoxy) is 4. The zero-order chi connectivity index (χ0) is 11.4. The van der Waals surface area contributed by atoms with Crippen LogP contribution in [0.3, 0.4) is 0 Å². The number of rotatable bonds is 4. The molecule has 0 bridgehead atoms. The van der Waals surface area contributed by atoms with Gasteiger partial charge >= 0.3 is 5.97 Å². The van der Waals surface area contributed by atoms with Crippen molar-refractivity contribution in [2.75, 3.05) is 20.3 Å². The van der Waals surface area contributed by atoms with E-state index in [-0.39, 0.29) is 30.9 Å². The fourth-order valence-electron chi connectivity index (χ4n) is 2.05. The second-order valence-electron chi connectivity index (χ2n) is 4.17. The van der Waals surface area contributed by atoms with Crippen LogP contribution < -0.4 is 0 Å². The first-order chi connectivity index (χ1) is 7.78. The lowest BCUT2D eigenvalue weighted by molar-refractivity contribution is -0.144. The Morgan fingerprint density at radius 1 is 1.38 bits per heavy atom. The van der Waals surface area contributed by atoms with E-state index in [1.165, 1.54) is 7.11 Å². The third-order valence-corrected chi connectivity index (χ3v) is 2.91. The monoisotopic (exact) mass is 230 g/mol. The maximum atomic E-state index is 11.0. The van der Waals surface area contributed by atoms with Crippen molar-refractivity contribution in [1.82, 2.24) is 0 Å². The fraction of sp³-hybridized carbons (Fsp3) is 0.909. The van der Waals surface area contributed by atoms with Crippen molar-refractivity contribution < 1.29 is 23.7 Å². The predicted octanol–water partition coefficient (Wildman–Crippen LogP) is 0.860. The normalized spacial score (nSPS) is 34.2. The van der Waals surface area contributed by atoms with Crippen LogP contribution in [0.4, 0.5) is 0 Å². The van der Waals surface area contributed by atoms with Gasteiger partial charge in [0.15, 0.2) is 6.29 Å². The average molecular weight is 230 g/mol. The van der Waals surface area contributed by atoms with Crippen molar-refractivity contribution >= 4 is 5.97 Å². The van der Waals surface area contributed by atoms with Gasteiger partial charge in [-0.25, -0.2) is 0 Å². The standard InChI is InChI=1S/C11H18O5/c1-13-10(12)5-9-7-15-11(16-9)6-8-3-2-4-14-8/h8-9,11H,2-7H2,1H3. The third kappa shape index (κ3) is 3.17. The summed E-state index contributed by atoms with van der Waals surface area (Å²) < 4.78 is 21.1. The van der Waals surface area contributed by atoms with Crippen molar-refractivity contribution in [1.29, 1.82) is 0 Å².